The van der Waals surface area contributed by atoms with Crippen molar-refractivity contribution in [3.63, 3.8) is 0 Å². The number of hydrogen-bond donors (Lipinski definition) is 1. The van der Waals surface area contributed by atoms with Gasteiger partial charge < -0.3 is 80.9 Å². The molecule has 17 heteroatoms. The van der Waals surface area contributed by atoms with E-state index in [1.54, 1.807) is 66.7 Å². The van der Waals surface area contributed by atoms with E-state index in [4.69, 9.17) is 86.8 Å². The molecule has 0 saturated carbocycles. The summed E-state index contributed by atoms with van der Waals surface area (Å²) in [7, 11) is 8.54. The van der Waals surface area contributed by atoms with Gasteiger partial charge in [0, 0.05) is 13.2 Å². The van der Waals surface area contributed by atoms with Crippen LogP contribution < -0.4 is 56.8 Å². The predicted octanol–water partition coefficient (Wildman–Crippen LogP) is 10.8. The first-order chi connectivity index (χ1) is 42.7. The van der Waals surface area contributed by atoms with E-state index >= 15 is 0 Å². The summed E-state index contributed by atoms with van der Waals surface area (Å²) >= 11 is 0. The van der Waals surface area contributed by atoms with Crippen molar-refractivity contribution < 1.29 is 91.9 Å². The number of fused-ring (bicyclic) bond motifs is 3. The van der Waals surface area contributed by atoms with Crippen LogP contribution in [-0.2, 0) is 58.0 Å². The first-order valence-electron chi connectivity index (χ1n) is 30.9. The van der Waals surface area contributed by atoms with Crippen LogP contribution in [0.1, 0.15) is 99.6 Å². The largest absolute Gasteiger partial charge is 0.493 e. The molecule has 434 valence electrons. The van der Waals surface area contributed by atoms with E-state index in [1.165, 1.54) is 54.8 Å². The molecule has 3 aliphatic rings. The number of benzene rings is 6. The number of aliphatic hydroxyl groups excluding tert-OH is 1. The fourth-order valence-electron chi connectivity index (χ4n) is 9.66. The van der Waals surface area contributed by atoms with Crippen LogP contribution in [0.4, 0.5) is 0 Å². The Morgan fingerprint density at radius 2 is 0.691 bits per heavy atom. The SMILES string of the molecule is [2H]C([2H])(Oc1ccc(COC2CCCCO2)cc1OC)C([2H])([2H])Oc1cc2c(cc1OC)Cc1cc(OC([2H])([2H])C([2H])([2H])Oc3ccc(COC4CCCCO4)cc3OC)c(OC)cc1Cc1cc(OCCOc3ccc(CO)cc3OC)c(OC)cc1C2. The molecule has 0 amide bonds. The molecule has 1 aliphatic carbocycles. The van der Waals surface area contributed by atoms with Crippen LogP contribution in [0.3, 0.4) is 0 Å². The molecule has 6 aromatic rings. The lowest BCUT2D eigenvalue weighted by Gasteiger charge is -2.22. The number of aliphatic hydroxyl groups is 1. The van der Waals surface area contributed by atoms with Crippen LogP contribution in [0, 0.1) is 0 Å². The minimum absolute atomic E-state index is 0.0414. The molecule has 0 aromatic heterocycles. The second-order valence-corrected chi connectivity index (χ2v) is 19.2. The highest BCUT2D eigenvalue weighted by Crippen LogP contribution is 2.42. The van der Waals surface area contributed by atoms with Crippen molar-refractivity contribution in [1.29, 1.82) is 0 Å². The Kier molecular flexibility index (Phi) is 17.6. The third kappa shape index (κ3) is 15.6. The van der Waals surface area contributed by atoms with E-state index in [-0.39, 0.29) is 111 Å². The Labute approximate surface area is 486 Å². The van der Waals surface area contributed by atoms with E-state index in [0.717, 1.165) is 49.7 Å². The fraction of sp³-hybridized carbons (Fsp3) is 0.438. The fourth-order valence-corrected chi connectivity index (χ4v) is 9.66. The maximum Gasteiger partial charge on any atom is 0.161 e. The highest BCUT2D eigenvalue weighted by atomic mass is 16.7. The molecule has 0 spiro atoms. The van der Waals surface area contributed by atoms with Gasteiger partial charge in [0.05, 0.1) is 73.4 Å². The minimum atomic E-state index is -3.18. The van der Waals surface area contributed by atoms with Crippen molar-refractivity contribution in [2.45, 2.75) is 90.2 Å². The van der Waals surface area contributed by atoms with Gasteiger partial charge in [0.1, 0.15) is 39.4 Å². The highest BCUT2D eigenvalue weighted by molar-refractivity contribution is 5.58. The third-order valence-electron chi connectivity index (χ3n) is 13.9. The van der Waals surface area contributed by atoms with Crippen LogP contribution in [-0.4, -0.2) is 113 Å². The third-order valence-corrected chi connectivity index (χ3v) is 13.9. The van der Waals surface area contributed by atoms with Gasteiger partial charge >= 0.3 is 0 Å². The van der Waals surface area contributed by atoms with E-state index in [1.807, 2.05) is 12.1 Å². The Morgan fingerprint density at radius 3 is 1.05 bits per heavy atom. The minimum Gasteiger partial charge on any atom is -0.493 e. The van der Waals surface area contributed by atoms with Gasteiger partial charge in [-0.3, -0.25) is 0 Å². The van der Waals surface area contributed by atoms with Gasteiger partial charge in [-0.05, 0) is 181 Å². The highest BCUT2D eigenvalue weighted by Gasteiger charge is 2.24. The molecule has 9 rings (SSSR count). The molecule has 2 aliphatic heterocycles. The normalized spacial score (nSPS) is 17.9. The van der Waals surface area contributed by atoms with E-state index in [2.05, 4.69) is 0 Å². The summed E-state index contributed by atoms with van der Waals surface area (Å²) in [6.07, 6.45) is 5.31. The molecule has 17 nitrogen and oxygen atoms in total. The van der Waals surface area contributed by atoms with Gasteiger partial charge in [0.25, 0.3) is 0 Å². The standard InChI is InChI=1S/C64H76O17/c1-66-54-27-42(39-65)13-16-51(54)72-21-24-75-60-36-48-30-46-34-58(70-5)62(77-26-23-74-53-18-15-44(29-56(53)68-3)41-81-64-12-8-10-20-79-64)38-50(46)32-47-35-59(71-6)61(37-49(47)31-45(48)33-57(60)69-4)76-25-22-73-52-17-14-43(28-55(52)67-2)40-80-63-11-7-9-19-78-63/h13-18,27-29,33-38,63-65H,7-12,19-26,30-32,39-41H2,1-6H3/i22D2,23D2,25D2,26D2. The topological polar surface area (TPSA) is 168 Å². The number of methoxy groups -OCH3 is 6. The molecule has 1 N–H and O–H groups in total. The monoisotopic (exact) mass is 1120 g/mol. The summed E-state index contributed by atoms with van der Waals surface area (Å²) < 4.78 is 166. The molecular weight excluding hydrogens is 1040 g/mol. The van der Waals surface area contributed by atoms with Gasteiger partial charge in [-0.1, -0.05) is 18.2 Å². The van der Waals surface area contributed by atoms with Gasteiger partial charge in [-0.25, -0.2) is 0 Å². The molecule has 2 atom stereocenters. The summed E-state index contributed by atoms with van der Waals surface area (Å²) in [5, 5.41) is 9.65. The zero-order valence-corrected chi connectivity index (χ0v) is 46.6. The van der Waals surface area contributed by atoms with Crippen LogP contribution in [0.5, 0.6) is 69.0 Å². The quantitative estimate of drug-likeness (QED) is 0.0460. The van der Waals surface area contributed by atoms with Gasteiger partial charge in [0.15, 0.2) is 81.6 Å². The molecular formula is C64H76O17. The second-order valence-electron chi connectivity index (χ2n) is 19.2. The summed E-state index contributed by atoms with van der Waals surface area (Å²) in [5.74, 6) is 1.52. The predicted molar refractivity (Wildman–Crippen MR) is 302 cm³/mol. The molecule has 6 aromatic carbocycles. The smallest absolute Gasteiger partial charge is 0.161 e. The van der Waals surface area contributed by atoms with Crippen molar-refractivity contribution in [2.75, 3.05) is 95.3 Å². The molecule has 2 fully saturated rings. The van der Waals surface area contributed by atoms with Crippen LogP contribution >= 0.6 is 0 Å². The first kappa shape index (κ1) is 48.4. The van der Waals surface area contributed by atoms with Crippen molar-refractivity contribution in [2.24, 2.45) is 0 Å². The van der Waals surface area contributed by atoms with Crippen LogP contribution in [0.25, 0.3) is 0 Å². The van der Waals surface area contributed by atoms with E-state index < -0.39 is 26.2 Å². The van der Waals surface area contributed by atoms with Crippen LogP contribution in [0.2, 0.25) is 0 Å². The van der Waals surface area contributed by atoms with E-state index in [0.29, 0.717) is 75.2 Å². The Morgan fingerprint density at radius 1 is 0.383 bits per heavy atom. The second kappa shape index (κ2) is 29.4. The Balaban J connectivity index is 1.03. The van der Waals surface area contributed by atoms with Crippen molar-refractivity contribution in [3.05, 3.63) is 141 Å². The lowest BCUT2D eigenvalue weighted by molar-refractivity contribution is -0.169. The molecule has 0 radical (unpaired) electrons. The summed E-state index contributed by atoms with van der Waals surface area (Å²) in [5.41, 5.74) is 6.04. The van der Waals surface area contributed by atoms with Gasteiger partial charge in [-0.15, -0.1) is 0 Å². The molecule has 2 saturated heterocycles. The maximum absolute atomic E-state index is 9.65. The van der Waals surface area contributed by atoms with Crippen molar-refractivity contribution in [3.8, 4) is 69.0 Å². The Hall–Kier alpha value is -7.28. The van der Waals surface area contributed by atoms with Gasteiger partial charge in [0.2, 0.25) is 0 Å². The summed E-state index contributed by atoms with van der Waals surface area (Å²) in [4.78, 5) is 0. The number of hydrogen-bond acceptors (Lipinski definition) is 17. The molecule has 2 heterocycles. The zero-order chi connectivity index (χ0) is 63.5. The van der Waals surface area contributed by atoms with Crippen molar-refractivity contribution >= 4 is 0 Å². The summed E-state index contributed by atoms with van der Waals surface area (Å²) in [6.45, 7) is -11.0. The Bertz CT molecular complexity index is 3260. The molecule has 2 unspecified atom stereocenters. The van der Waals surface area contributed by atoms with Crippen LogP contribution in [0.15, 0.2) is 91.0 Å². The average molecular weight is 1130 g/mol. The lowest BCUT2D eigenvalue weighted by Crippen LogP contribution is -2.22. The zero-order valence-electron chi connectivity index (χ0n) is 54.6. The van der Waals surface area contributed by atoms with E-state index in [9.17, 15) is 5.11 Å². The first-order valence-corrected chi connectivity index (χ1v) is 26.9. The molecule has 81 heavy (non-hydrogen) atoms. The summed E-state index contributed by atoms with van der Waals surface area (Å²) in [6, 6.07) is 24.8. The lowest BCUT2D eigenvalue weighted by atomic mass is 9.94. The average Bonchev–Trinajstić information content (AvgIpc) is 2.15. The number of ether oxygens (including phenoxy) is 16. The van der Waals surface area contributed by atoms with Crippen molar-refractivity contribution in [1.82, 2.24) is 0 Å². The maximum atomic E-state index is 9.65. The molecule has 0 bridgehead atoms. The number of rotatable bonds is 28. The van der Waals surface area contributed by atoms with Gasteiger partial charge in [-0.2, -0.15) is 0 Å².